The van der Waals surface area contributed by atoms with Crippen molar-refractivity contribution in [3.63, 3.8) is 0 Å². The number of aliphatic hydroxyl groups is 5. The van der Waals surface area contributed by atoms with Gasteiger partial charge in [0.05, 0.1) is 38.1 Å². The van der Waals surface area contributed by atoms with Crippen molar-refractivity contribution < 1.29 is 67.8 Å². The summed E-state index contributed by atoms with van der Waals surface area (Å²) in [5.41, 5.74) is 0. The van der Waals surface area contributed by atoms with Crippen molar-refractivity contribution in [1.82, 2.24) is 0 Å². The van der Waals surface area contributed by atoms with Gasteiger partial charge in [0.15, 0.2) is 12.4 Å². The molecule has 0 aliphatic carbocycles. The van der Waals surface area contributed by atoms with E-state index in [1.165, 1.54) is 25.7 Å². The number of carbonyl (C=O) groups excluding carboxylic acids is 2. The Morgan fingerprint density at radius 3 is 2.19 bits per heavy atom. The molecule has 0 spiro atoms. The van der Waals surface area contributed by atoms with Crippen molar-refractivity contribution in [3.8, 4) is 0 Å². The number of phosphoric acid groups is 1. The van der Waals surface area contributed by atoms with Crippen LogP contribution in [-0.2, 0) is 37.4 Å². The molecular weight excluding hydrogens is 723 g/mol. The Hall–Kier alpha value is -1.71. The molecule has 1 aliphatic heterocycles. The molecule has 0 bridgehead atoms. The molecule has 316 valence electrons. The lowest BCUT2D eigenvalue weighted by Gasteiger charge is -2.36. The zero-order valence-electron chi connectivity index (χ0n) is 32.9. The summed E-state index contributed by atoms with van der Waals surface area (Å²) in [5.74, 6) is -0.742. The van der Waals surface area contributed by atoms with Crippen LogP contribution in [0, 0.1) is 11.8 Å². The highest BCUT2D eigenvalue weighted by Crippen LogP contribution is 2.43. The first-order chi connectivity index (χ1) is 25.8. The van der Waals surface area contributed by atoms with Crippen molar-refractivity contribution in [2.45, 2.75) is 173 Å². The fourth-order valence-corrected chi connectivity index (χ4v) is 6.65. The number of ether oxygens (including phenoxy) is 3. The van der Waals surface area contributed by atoms with E-state index < -0.39 is 83.0 Å². The molecule has 0 radical (unpaired) electrons. The van der Waals surface area contributed by atoms with E-state index in [0.29, 0.717) is 32.1 Å². The number of esters is 2. The molecule has 14 nitrogen and oxygen atoms in total. The summed E-state index contributed by atoms with van der Waals surface area (Å²) in [6, 6.07) is 0. The predicted octanol–water partition coefficient (Wildman–Crippen LogP) is 5.79. The lowest BCUT2D eigenvalue weighted by atomic mass is 9.87. The normalized spacial score (nSPS) is 22.0. The van der Waals surface area contributed by atoms with Gasteiger partial charge in [-0.15, -0.1) is 0 Å². The molecule has 1 aliphatic rings. The third-order valence-electron chi connectivity index (χ3n) is 9.08. The van der Waals surface area contributed by atoms with Gasteiger partial charge >= 0.3 is 19.8 Å². The molecule has 0 aromatic carbocycles. The first-order valence-electron chi connectivity index (χ1n) is 20.0. The minimum absolute atomic E-state index is 0.00905. The van der Waals surface area contributed by atoms with Crippen molar-refractivity contribution in [2.75, 3.05) is 26.4 Å². The van der Waals surface area contributed by atoms with Crippen LogP contribution in [0.4, 0.5) is 0 Å². The standard InChI is InChI=1S/C39H71O14P/c1-4-5-13-19-31(41)23-24-36-34(35(43)25-39(46)53-36)20-15-11-12-17-22-38(45)52-33(29-51-54(47,48)50-27-32(42)26-40)28-49-37(44)21-16-10-8-6-7-9-14-18-30(2)3/h11,15,23-24,30-36,39-43,46H,4-10,12-14,16-22,25-29H2,1-3H3,(H,47,48)/b15-11-,24-23+/t31-,32-,33+,34-,35-,36+,39?/m0/s1. The summed E-state index contributed by atoms with van der Waals surface area (Å²) in [6.45, 7) is 4.17. The molecule has 0 aromatic heterocycles. The number of hydrogen-bond acceptors (Lipinski definition) is 13. The van der Waals surface area contributed by atoms with Crippen LogP contribution in [0.3, 0.4) is 0 Å². The van der Waals surface area contributed by atoms with Crippen LogP contribution >= 0.6 is 7.82 Å². The van der Waals surface area contributed by atoms with Crippen LogP contribution in [0.15, 0.2) is 24.3 Å². The Morgan fingerprint density at radius 2 is 1.50 bits per heavy atom. The second-order valence-corrected chi connectivity index (χ2v) is 16.1. The number of unbranched alkanes of at least 4 members (excludes halogenated alkanes) is 9. The van der Waals surface area contributed by atoms with E-state index >= 15 is 0 Å². The summed E-state index contributed by atoms with van der Waals surface area (Å²) < 4.78 is 38.2. The minimum atomic E-state index is -4.69. The largest absolute Gasteiger partial charge is 0.472 e. The maximum atomic E-state index is 12.7. The average molecular weight is 795 g/mol. The van der Waals surface area contributed by atoms with Crippen LogP contribution in [-0.4, -0.2) is 106 Å². The molecule has 1 heterocycles. The summed E-state index contributed by atoms with van der Waals surface area (Å²) in [4.78, 5) is 35.0. The molecule has 6 N–H and O–H groups in total. The highest BCUT2D eigenvalue weighted by molar-refractivity contribution is 7.47. The zero-order chi connectivity index (χ0) is 40.2. The predicted molar refractivity (Wildman–Crippen MR) is 204 cm³/mol. The highest BCUT2D eigenvalue weighted by atomic mass is 31.2. The van der Waals surface area contributed by atoms with E-state index in [4.69, 9.17) is 23.8 Å². The molecule has 15 heteroatoms. The third kappa shape index (κ3) is 26.2. The molecule has 0 aromatic rings. The Labute approximate surface area is 322 Å². The maximum Gasteiger partial charge on any atom is 0.472 e. The lowest BCUT2D eigenvalue weighted by Crippen LogP contribution is -2.43. The summed E-state index contributed by atoms with van der Waals surface area (Å²) in [7, 11) is -4.69. The van der Waals surface area contributed by atoms with Gasteiger partial charge in [0.25, 0.3) is 0 Å². The molecule has 1 rings (SSSR count). The fraction of sp³-hybridized carbons (Fsp3) is 0.846. The molecule has 2 unspecified atom stereocenters. The van der Waals surface area contributed by atoms with Crippen molar-refractivity contribution >= 4 is 19.8 Å². The summed E-state index contributed by atoms with van der Waals surface area (Å²) in [5, 5.41) is 49.2. The van der Waals surface area contributed by atoms with E-state index in [1.54, 1.807) is 12.2 Å². The van der Waals surface area contributed by atoms with Crippen LogP contribution in [0.1, 0.15) is 136 Å². The van der Waals surface area contributed by atoms with Gasteiger partial charge in [-0.25, -0.2) is 4.57 Å². The van der Waals surface area contributed by atoms with Gasteiger partial charge in [0.2, 0.25) is 0 Å². The van der Waals surface area contributed by atoms with E-state index in [-0.39, 0.29) is 25.2 Å². The summed E-state index contributed by atoms with van der Waals surface area (Å²) in [6.07, 6.45) is 15.1. The van der Waals surface area contributed by atoms with Crippen LogP contribution in [0.25, 0.3) is 0 Å². The Kier molecular flexibility index (Phi) is 28.4. The second-order valence-electron chi connectivity index (χ2n) is 14.7. The lowest BCUT2D eigenvalue weighted by molar-refractivity contribution is -0.199. The van der Waals surface area contributed by atoms with Crippen molar-refractivity contribution in [3.05, 3.63) is 24.3 Å². The smallest absolute Gasteiger partial charge is 0.462 e. The number of aliphatic hydroxyl groups excluding tert-OH is 5. The van der Waals surface area contributed by atoms with Gasteiger partial charge in [-0.1, -0.05) is 109 Å². The Morgan fingerprint density at radius 1 is 0.852 bits per heavy atom. The molecule has 54 heavy (non-hydrogen) atoms. The minimum Gasteiger partial charge on any atom is -0.462 e. The number of allylic oxidation sites excluding steroid dienone is 2. The zero-order valence-corrected chi connectivity index (χ0v) is 33.8. The van der Waals surface area contributed by atoms with E-state index in [9.17, 15) is 39.5 Å². The SMILES string of the molecule is CCCCC[C@H](O)/C=C/[C@H]1OC(O)C[C@H](O)[C@@H]1C/C=C\CCCC(=O)O[C@H](COC(=O)CCCCCCCCCC(C)C)COP(=O)(O)OC[C@@H](O)CO. The van der Waals surface area contributed by atoms with E-state index in [2.05, 4.69) is 25.3 Å². The number of rotatable bonds is 32. The third-order valence-corrected chi connectivity index (χ3v) is 10.0. The molecule has 0 amide bonds. The van der Waals surface area contributed by atoms with Gasteiger partial charge in [-0.05, 0) is 38.0 Å². The summed E-state index contributed by atoms with van der Waals surface area (Å²) >= 11 is 0. The van der Waals surface area contributed by atoms with E-state index in [0.717, 1.165) is 44.4 Å². The van der Waals surface area contributed by atoms with Gasteiger partial charge in [-0.3, -0.25) is 18.6 Å². The van der Waals surface area contributed by atoms with Crippen LogP contribution in [0.5, 0.6) is 0 Å². The fourth-order valence-electron chi connectivity index (χ4n) is 5.86. The first-order valence-corrected chi connectivity index (χ1v) is 21.5. The van der Waals surface area contributed by atoms with Gasteiger partial charge in [-0.2, -0.15) is 0 Å². The molecule has 1 fully saturated rings. The first kappa shape index (κ1) is 50.3. The number of hydrogen-bond donors (Lipinski definition) is 6. The van der Waals surface area contributed by atoms with Crippen LogP contribution in [0.2, 0.25) is 0 Å². The second kappa shape index (κ2) is 30.4. The molecule has 8 atom stereocenters. The van der Waals surface area contributed by atoms with Crippen molar-refractivity contribution in [1.29, 1.82) is 0 Å². The molecular formula is C39H71O14P. The Balaban J connectivity index is 2.58. The highest BCUT2D eigenvalue weighted by Gasteiger charge is 2.35. The molecule has 0 saturated carbocycles. The molecule has 1 saturated heterocycles. The van der Waals surface area contributed by atoms with Gasteiger partial charge in [0, 0.05) is 25.2 Å². The number of phosphoric ester groups is 1. The average Bonchev–Trinajstić information content (AvgIpc) is 3.12. The van der Waals surface area contributed by atoms with Gasteiger partial charge < -0.3 is 44.6 Å². The monoisotopic (exact) mass is 794 g/mol. The van der Waals surface area contributed by atoms with E-state index in [1.807, 2.05) is 12.2 Å². The Bertz CT molecular complexity index is 1090. The maximum absolute atomic E-state index is 12.7. The quantitative estimate of drug-likeness (QED) is 0.0206. The van der Waals surface area contributed by atoms with Crippen molar-refractivity contribution in [2.24, 2.45) is 11.8 Å². The van der Waals surface area contributed by atoms with Gasteiger partial charge in [0.1, 0.15) is 12.7 Å². The topological polar surface area (TPSA) is 219 Å². The van der Waals surface area contributed by atoms with Crippen LogP contribution < -0.4 is 0 Å². The number of carbonyl (C=O) groups is 2.